The van der Waals surface area contributed by atoms with Crippen molar-refractivity contribution in [3.63, 3.8) is 0 Å². The highest BCUT2D eigenvalue weighted by molar-refractivity contribution is 6.06. The van der Waals surface area contributed by atoms with E-state index in [4.69, 9.17) is 4.42 Å². The molecule has 272 valence electrons. The Bertz CT molecular complexity index is 2440. The fourth-order valence-corrected chi connectivity index (χ4v) is 10.9. The number of anilines is 3. The van der Waals surface area contributed by atoms with Gasteiger partial charge in [-0.1, -0.05) is 131 Å². The molecule has 1 saturated carbocycles. The third kappa shape index (κ3) is 4.89. The van der Waals surface area contributed by atoms with E-state index in [9.17, 15) is 0 Å². The van der Waals surface area contributed by atoms with Crippen LogP contribution in [0.3, 0.4) is 0 Å². The van der Waals surface area contributed by atoms with Crippen LogP contribution in [0.5, 0.6) is 0 Å². The Labute approximate surface area is 317 Å². The van der Waals surface area contributed by atoms with Crippen LogP contribution in [0, 0.1) is 16.7 Å². The van der Waals surface area contributed by atoms with Crippen molar-refractivity contribution in [2.24, 2.45) is 16.7 Å². The van der Waals surface area contributed by atoms with Crippen molar-refractivity contribution in [1.82, 2.24) is 0 Å². The van der Waals surface area contributed by atoms with Crippen LogP contribution < -0.4 is 4.90 Å². The van der Waals surface area contributed by atoms with Crippen LogP contribution in [-0.4, -0.2) is 0 Å². The standard InChI is InChI=1S/C51H57NO/c1-47(2,3)31-20-25-40-46-42(50(9,10)51(40,11)30-31)26-32(48(4,5)6)27-43(46)52(34-22-24-38-37-17-13-15-19-44(37)53-45(38)29-34)33-21-23-36-35-16-12-14-18-39(35)49(7,8)41(36)28-33/h12-19,21-24,26-29,31,40H,20,25,30H2,1-11H3. The first-order valence-corrected chi connectivity index (χ1v) is 20.1. The third-order valence-corrected chi connectivity index (χ3v) is 14.6. The summed E-state index contributed by atoms with van der Waals surface area (Å²) in [6.45, 7) is 27.1. The van der Waals surface area contributed by atoms with Crippen LogP contribution in [0.15, 0.2) is 101 Å². The summed E-state index contributed by atoms with van der Waals surface area (Å²) in [5.74, 6) is 1.18. The van der Waals surface area contributed by atoms with Crippen molar-refractivity contribution in [2.45, 2.75) is 118 Å². The number of furan rings is 1. The zero-order valence-corrected chi connectivity index (χ0v) is 33.9. The number of fused-ring (bicyclic) bond motifs is 9. The smallest absolute Gasteiger partial charge is 0.137 e. The van der Waals surface area contributed by atoms with Gasteiger partial charge in [-0.05, 0) is 128 Å². The normalized spacial score (nSPS) is 22.8. The first-order valence-electron chi connectivity index (χ1n) is 20.1. The number of nitrogens with zero attached hydrogens (tertiary/aromatic N) is 1. The van der Waals surface area contributed by atoms with Crippen molar-refractivity contribution in [3.8, 4) is 11.1 Å². The summed E-state index contributed by atoms with van der Waals surface area (Å²) < 4.78 is 6.59. The minimum absolute atomic E-state index is 0.0155. The minimum Gasteiger partial charge on any atom is -0.456 e. The van der Waals surface area contributed by atoms with Crippen molar-refractivity contribution < 1.29 is 4.42 Å². The van der Waals surface area contributed by atoms with E-state index in [0.29, 0.717) is 17.3 Å². The average Bonchev–Trinajstić information content (AvgIpc) is 3.65. The zero-order chi connectivity index (χ0) is 37.5. The van der Waals surface area contributed by atoms with Crippen molar-refractivity contribution in [1.29, 1.82) is 0 Å². The first-order chi connectivity index (χ1) is 24.9. The fourth-order valence-electron chi connectivity index (χ4n) is 10.9. The maximum Gasteiger partial charge on any atom is 0.137 e. The van der Waals surface area contributed by atoms with Gasteiger partial charge in [-0.15, -0.1) is 0 Å². The van der Waals surface area contributed by atoms with Gasteiger partial charge >= 0.3 is 0 Å². The molecule has 3 atom stereocenters. The molecular weight excluding hydrogens is 643 g/mol. The van der Waals surface area contributed by atoms with E-state index in [1.54, 1.807) is 11.1 Å². The molecule has 1 heterocycles. The lowest BCUT2D eigenvalue weighted by Crippen LogP contribution is -2.44. The first kappa shape index (κ1) is 34.5. The Morgan fingerprint density at radius 3 is 2.04 bits per heavy atom. The predicted octanol–water partition coefficient (Wildman–Crippen LogP) is 14.9. The Balaban J connectivity index is 1.33. The van der Waals surface area contributed by atoms with Crippen LogP contribution in [-0.2, 0) is 16.2 Å². The summed E-state index contributed by atoms with van der Waals surface area (Å²) in [4.78, 5) is 2.61. The largest absolute Gasteiger partial charge is 0.456 e. The summed E-state index contributed by atoms with van der Waals surface area (Å²) in [6.07, 6.45) is 3.75. The molecule has 3 aliphatic rings. The van der Waals surface area contributed by atoms with E-state index < -0.39 is 0 Å². The molecular formula is C51H57NO. The van der Waals surface area contributed by atoms with Gasteiger partial charge in [0, 0.05) is 33.6 Å². The van der Waals surface area contributed by atoms with Gasteiger partial charge in [0.05, 0.1) is 5.69 Å². The Kier molecular flexibility index (Phi) is 7.23. The van der Waals surface area contributed by atoms with Gasteiger partial charge in [0.15, 0.2) is 0 Å². The van der Waals surface area contributed by atoms with Gasteiger partial charge in [-0.2, -0.15) is 0 Å². The number of benzene rings is 5. The highest BCUT2D eigenvalue weighted by atomic mass is 16.3. The lowest BCUT2D eigenvalue weighted by Gasteiger charge is -2.51. The van der Waals surface area contributed by atoms with Crippen molar-refractivity contribution >= 4 is 39.0 Å². The summed E-state index contributed by atoms with van der Waals surface area (Å²) in [5.41, 5.74) is 15.9. The molecule has 0 N–H and O–H groups in total. The number of rotatable bonds is 3. The van der Waals surface area contributed by atoms with E-state index >= 15 is 0 Å². The van der Waals surface area contributed by atoms with E-state index in [2.05, 4.69) is 178 Å². The molecule has 0 aliphatic heterocycles. The predicted molar refractivity (Wildman–Crippen MR) is 225 cm³/mol. The van der Waals surface area contributed by atoms with Gasteiger partial charge in [-0.25, -0.2) is 0 Å². The maximum absolute atomic E-state index is 6.59. The fraction of sp³-hybridized carbons (Fsp3) is 0.412. The summed E-state index contributed by atoms with van der Waals surface area (Å²) in [5, 5.41) is 2.33. The Morgan fingerprint density at radius 1 is 0.623 bits per heavy atom. The van der Waals surface area contributed by atoms with Gasteiger partial charge in [0.25, 0.3) is 0 Å². The molecule has 2 nitrogen and oxygen atoms in total. The van der Waals surface area contributed by atoms with Gasteiger partial charge < -0.3 is 9.32 Å². The second-order valence-corrected chi connectivity index (χ2v) is 20.2. The molecule has 0 bridgehead atoms. The van der Waals surface area contributed by atoms with Crippen LogP contribution in [0.25, 0.3) is 33.1 Å². The number of hydrogen-bond donors (Lipinski definition) is 0. The molecule has 3 aliphatic carbocycles. The molecule has 53 heavy (non-hydrogen) atoms. The second-order valence-electron chi connectivity index (χ2n) is 20.2. The quantitative estimate of drug-likeness (QED) is 0.183. The molecule has 1 fully saturated rings. The molecule has 3 unspecified atom stereocenters. The maximum atomic E-state index is 6.59. The topological polar surface area (TPSA) is 16.4 Å². The van der Waals surface area contributed by atoms with E-state index in [0.717, 1.165) is 22.2 Å². The highest BCUT2D eigenvalue weighted by Crippen LogP contribution is 2.69. The van der Waals surface area contributed by atoms with Crippen LogP contribution in [0.4, 0.5) is 17.1 Å². The molecule has 0 saturated heterocycles. The van der Waals surface area contributed by atoms with Crippen LogP contribution >= 0.6 is 0 Å². The lowest BCUT2D eigenvalue weighted by atomic mass is 9.53. The molecule has 0 amide bonds. The lowest BCUT2D eigenvalue weighted by molar-refractivity contribution is 0.0260. The van der Waals surface area contributed by atoms with Gasteiger partial charge in [-0.3, -0.25) is 0 Å². The van der Waals surface area contributed by atoms with E-state index in [1.807, 2.05) is 0 Å². The molecule has 6 aromatic rings. The molecule has 0 radical (unpaired) electrons. The van der Waals surface area contributed by atoms with E-state index in [1.165, 1.54) is 63.8 Å². The van der Waals surface area contributed by atoms with Gasteiger partial charge in [0.2, 0.25) is 0 Å². The highest BCUT2D eigenvalue weighted by Gasteiger charge is 2.59. The minimum atomic E-state index is -0.0998. The Hall–Kier alpha value is -4.30. The zero-order valence-electron chi connectivity index (χ0n) is 33.9. The monoisotopic (exact) mass is 699 g/mol. The number of para-hydroxylation sites is 1. The van der Waals surface area contributed by atoms with Crippen molar-refractivity contribution in [2.75, 3.05) is 4.90 Å². The van der Waals surface area contributed by atoms with Crippen molar-refractivity contribution in [3.05, 3.63) is 125 Å². The van der Waals surface area contributed by atoms with E-state index in [-0.39, 0.29) is 21.7 Å². The summed E-state index contributed by atoms with van der Waals surface area (Å²) in [7, 11) is 0. The molecule has 2 heteroatoms. The molecule has 5 aromatic carbocycles. The molecule has 9 rings (SSSR count). The van der Waals surface area contributed by atoms with Gasteiger partial charge in [0.1, 0.15) is 11.2 Å². The molecule has 1 aromatic heterocycles. The summed E-state index contributed by atoms with van der Waals surface area (Å²) in [6, 6.07) is 36.8. The Morgan fingerprint density at radius 2 is 1.28 bits per heavy atom. The second kappa shape index (κ2) is 11.1. The SMILES string of the molecule is CC(C)(C)c1cc(N(c2ccc3c(c2)C(C)(C)c2ccccc2-3)c2ccc3c(c2)oc2ccccc23)c2c(c1)C(C)(C)C1(C)CC(C(C)(C)C)CCC21. The number of hydrogen-bond acceptors (Lipinski definition) is 2. The van der Waals surface area contributed by atoms with Crippen LogP contribution in [0.1, 0.15) is 129 Å². The average molecular weight is 700 g/mol. The van der Waals surface area contributed by atoms with Crippen LogP contribution in [0.2, 0.25) is 0 Å². The summed E-state index contributed by atoms with van der Waals surface area (Å²) >= 11 is 0. The third-order valence-electron chi connectivity index (χ3n) is 14.6. The molecule has 0 spiro atoms.